The first-order valence-electron chi connectivity index (χ1n) is 7.44. The van der Waals surface area contributed by atoms with E-state index in [2.05, 4.69) is 23.2 Å². The second-order valence-corrected chi connectivity index (χ2v) is 5.71. The Kier molecular flexibility index (Phi) is 3.76. The second-order valence-electron chi connectivity index (χ2n) is 5.71. The summed E-state index contributed by atoms with van der Waals surface area (Å²) in [5.74, 6) is 0.0767. The van der Waals surface area contributed by atoms with Crippen molar-refractivity contribution in [1.82, 2.24) is 4.90 Å². The normalized spacial score (nSPS) is 25.7. The molecule has 1 aromatic carbocycles. The molecule has 1 N–H and O–H groups in total. The van der Waals surface area contributed by atoms with Crippen LogP contribution in [0.5, 0.6) is 0 Å². The molecular formula is C16H22N2O2. The molecule has 0 saturated carbocycles. The molecule has 1 amide bonds. The number of hydrogen-bond acceptors (Lipinski definition) is 3. The predicted molar refractivity (Wildman–Crippen MR) is 78.4 cm³/mol. The van der Waals surface area contributed by atoms with Crippen LogP contribution in [0.1, 0.15) is 31.4 Å². The molecule has 0 spiro atoms. The first-order chi connectivity index (χ1) is 9.69. The van der Waals surface area contributed by atoms with Crippen molar-refractivity contribution in [2.24, 2.45) is 5.92 Å². The Balaban J connectivity index is 1.76. The highest BCUT2D eigenvalue weighted by molar-refractivity contribution is 5.94. The number of carbonyl (C=O) groups excluding carboxylic acids is 1. The SMILES string of the molecule is CCN1Cc2cccc(NC(=O)C3CCOC3C)c2C1. The molecule has 1 saturated heterocycles. The number of benzene rings is 1. The van der Waals surface area contributed by atoms with Gasteiger partial charge in [-0.15, -0.1) is 0 Å². The van der Waals surface area contributed by atoms with Crippen LogP contribution >= 0.6 is 0 Å². The van der Waals surface area contributed by atoms with Gasteiger partial charge >= 0.3 is 0 Å². The average Bonchev–Trinajstić information content (AvgIpc) is 3.04. The molecule has 108 valence electrons. The number of ether oxygens (including phenoxy) is 1. The van der Waals surface area contributed by atoms with Crippen molar-refractivity contribution >= 4 is 11.6 Å². The average molecular weight is 274 g/mol. The molecule has 0 radical (unpaired) electrons. The number of hydrogen-bond donors (Lipinski definition) is 1. The highest BCUT2D eigenvalue weighted by Crippen LogP contribution is 2.30. The van der Waals surface area contributed by atoms with E-state index >= 15 is 0 Å². The van der Waals surface area contributed by atoms with E-state index in [1.54, 1.807) is 0 Å². The molecule has 0 aromatic heterocycles. The van der Waals surface area contributed by atoms with E-state index in [0.29, 0.717) is 6.61 Å². The number of fused-ring (bicyclic) bond motifs is 1. The summed E-state index contributed by atoms with van der Waals surface area (Å²) in [6, 6.07) is 6.19. The molecule has 1 fully saturated rings. The van der Waals surface area contributed by atoms with Crippen LogP contribution in [0.3, 0.4) is 0 Å². The molecule has 3 rings (SSSR count). The van der Waals surface area contributed by atoms with E-state index in [-0.39, 0.29) is 17.9 Å². The Labute approximate surface area is 120 Å². The van der Waals surface area contributed by atoms with Crippen LogP contribution < -0.4 is 5.32 Å². The van der Waals surface area contributed by atoms with Gasteiger partial charge in [-0.1, -0.05) is 19.1 Å². The minimum absolute atomic E-state index is 0.0189. The molecule has 4 nitrogen and oxygen atoms in total. The van der Waals surface area contributed by atoms with Gasteiger partial charge in [0, 0.05) is 25.4 Å². The molecule has 2 atom stereocenters. The standard InChI is InChI=1S/C16H22N2O2/c1-3-18-9-12-5-4-6-15(14(12)10-18)17-16(19)13-7-8-20-11(13)2/h4-6,11,13H,3,7-10H2,1-2H3,(H,17,19). The van der Waals surface area contributed by atoms with Crippen molar-refractivity contribution in [3.8, 4) is 0 Å². The number of rotatable bonds is 3. The van der Waals surface area contributed by atoms with Crippen LogP contribution in [0, 0.1) is 5.92 Å². The molecule has 2 aliphatic heterocycles. The van der Waals surface area contributed by atoms with Crippen LogP contribution in [0.15, 0.2) is 18.2 Å². The largest absolute Gasteiger partial charge is 0.378 e. The van der Waals surface area contributed by atoms with E-state index in [1.807, 2.05) is 19.1 Å². The lowest BCUT2D eigenvalue weighted by Crippen LogP contribution is -2.28. The number of nitrogens with one attached hydrogen (secondary N) is 1. The Morgan fingerprint density at radius 3 is 3.00 bits per heavy atom. The van der Waals surface area contributed by atoms with Gasteiger partial charge in [0.05, 0.1) is 12.0 Å². The highest BCUT2D eigenvalue weighted by atomic mass is 16.5. The van der Waals surface area contributed by atoms with Crippen molar-refractivity contribution < 1.29 is 9.53 Å². The Bertz CT molecular complexity index is 515. The van der Waals surface area contributed by atoms with Crippen molar-refractivity contribution in [3.63, 3.8) is 0 Å². The summed E-state index contributed by atoms with van der Waals surface area (Å²) in [6.45, 7) is 7.79. The summed E-state index contributed by atoms with van der Waals surface area (Å²) in [6.07, 6.45) is 0.849. The number of amides is 1. The van der Waals surface area contributed by atoms with Gasteiger partial charge < -0.3 is 10.1 Å². The van der Waals surface area contributed by atoms with Gasteiger partial charge in [-0.25, -0.2) is 0 Å². The van der Waals surface area contributed by atoms with Crippen LogP contribution in [-0.4, -0.2) is 30.1 Å². The predicted octanol–water partition coefficient (Wildman–Crippen LogP) is 2.39. The summed E-state index contributed by atoms with van der Waals surface area (Å²) in [5.41, 5.74) is 3.58. The van der Waals surface area contributed by atoms with Crippen molar-refractivity contribution in [2.75, 3.05) is 18.5 Å². The van der Waals surface area contributed by atoms with Gasteiger partial charge in [-0.3, -0.25) is 9.69 Å². The Morgan fingerprint density at radius 1 is 1.45 bits per heavy atom. The zero-order chi connectivity index (χ0) is 14.1. The molecule has 2 aliphatic rings. The van der Waals surface area contributed by atoms with E-state index in [0.717, 1.165) is 31.7 Å². The quantitative estimate of drug-likeness (QED) is 0.920. The third-order valence-corrected chi connectivity index (χ3v) is 4.47. The minimum atomic E-state index is -0.0189. The van der Waals surface area contributed by atoms with Crippen LogP contribution in [0.2, 0.25) is 0 Å². The topological polar surface area (TPSA) is 41.6 Å². The maximum absolute atomic E-state index is 12.4. The molecule has 20 heavy (non-hydrogen) atoms. The molecular weight excluding hydrogens is 252 g/mol. The van der Waals surface area contributed by atoms with Gasteiger partial charge in [-0.05, 0) is 37.1 Å². The zero-order valence-electron chi connectivity index (χ0n) is 12.2. The smallest absolute Gasteiger partial charge is 0.230 e. The lowest BCUT2D eigenvalue weighted by atomic mass is 10.0. The fourth-order valence-corrected chi connectivity index (χ4v) is 3.13. The van der Waals surface area contributed by atoms with Crippen molar-refractivity contribution in [3.05, 3.63) is 29.3 Å². The zero-order valence-corrected chi connectivity index (χ0v) is 12.2. The number of carbonyl (C=O) groups is 1. The number of nitrogens with zero attached hydrogens (tertiary/aromatic N) is 1. The third kappa shape index (κ3) is 2.45. The van der Waals surface area contributed by atoms with E-state index in [4.69, 9.17) is 4.74 Å². The Morgan fingerprint density at radius 2 is 2.30 bits per heavy atom. The number of anilines is 1. The summed E-state index contributed by atoms with van der Waals surface area (Å²) >= 11 is 0. The first-order valence-corrected chi connectivity index (χ1v) is 7.44. The van der Waals surface area contributed by atoms with Crippen LogP contribution in [0.25, 0.3) is 0 Å². The van der Waals surface area contributed by atoms with Gasteiger partial charge in [0.1, 0.15) is 0 Å². The van der Waals surface area contributed by atoms with Crippen molar-refractivity contribution in [1.29, 1.82) is 0 Å². The van der Waals surface area contributed by atoms with Gasteiger partial charge in [0.25, 0.3) is 0 Å². The van der Waals surface area contributed by atoms with Gasteiger partial charge in [0.15, 0.2) is 0 Å². The molecule has 4 heteroatoms. The molecule has 0 aliphatic carbocycles. The molecule has 2 heterocycles. The first kappa shape index (κ1) is 13.6. The summed E-state index contributed by atoms with van der Waals surface area (Å²) in [4.78, 5) is 14.7. The fourth-order valence-electron chi connectivity index (χ4n) is 3.13. The lowest BCUT2D eigenvalue weighted by molar-refractivity contribution is -0.121. The Hall–Kier alpha value is -1.39. The van der Waals surface area contributed by atoms with E-state index < -0.39 is 0 Å². The van der Waals surface area contributed by atoms with Gasteiger partial charge in [-0.2, -0.15) is 0 Å². The van der Waals surface area contributed by atoms with Crippen LogP contribution in [-0.2, 0) is 22.6 Å². The van der Waals surface area contributed by atoms with Crippen LogP contribution in [0.4, 0.5) is 5.69 Å². The molecule has 2 unspecified atom stereocenters. The maximum Gasteiger partial charge on any atom is 0.230 e. The van der Waals surface area contributed by atoms with Gasteiger partial charge in [0.2, 0.25) is 5.91 Å². The lowest BCUT2D eigenvalue weighted by Gasteiger charge is -2.16. The third-order valence-electron chi connectivity index (χ3n) is 4.47. The summed E-state index contributed by atoms with van der Waals surface area (Å²) in [5, 5.41) is 3.11. The van der Waals surface area contributed by atoms with E-state index in [9.17, 15) is 4.79 Å². The van der Waals surface area contributed by atoms with E-state index in [1.165, 1.54) is 11.1 Å². The molecule has 0 bridgehead atoms. The summed E-state index contributed by atoms with van der Waals surface area (Å²) < 4.78 is 5.48. The minimum Gasteiger partial charge on any atom is -0.378 e. The monoisotopic (exact) mass is 274 g/mol. The summed E-state index contributed by atoms with van der Waals surface area (Å²) in [7, 11) is 0. The maximum atomic E-state index is 12.4. The second kappa shape index (κ2) is 5.54. The highest BCUT2D eigenvalue weighted by Gasteiger charge is 2.31. The van der Waals surface area contributed by atoms with Crippen molar-refractivity contribution in [2.45, 2.75) is 39.5 Å². The fraction of sp³-hybridized carbons (Fsp3) is 0.562. The molecule has 1 aromatic rings.